The van der Waals surface area contributed by atoms with Crippen LogP contribution < -0.4 is 0 Å². The molecule has 13 aromatic rings. The molecule has 0 radical (unpaired) electrons. The van der Waals surface area contributed by atoms with Crippen LogP contribution >= 0.6 is 0 Å². The van der Waals surface area contributed by atoms with E-state index < -0.39 is 22.3 Å². The lowest BCUT2D eigenvalue weighted by Gasteiger charge is -2.48. The van der Waals surface area contributed by atoms with Gasteiger partial charge in [0.15, 0.2) is 34.9 Å². The number of hydrogen-bond donors (Lipinski definition) is 1. The number of ketones is 3. The summed E-state index contributed by atoms with van der Waals surface area (Å²) in [5.41, 5.74) is 20.4. The fourth-order valence-corrected chi connectivity index (χ4v) is 25.6. The van der Waals surface area contributed by atoms with Gasteiger partial charge in [0.05, 0.1) is 64.6 Å². The highest BCUT2D eigenvalue weighted by Crippen LogP contribution is 2.61. The largest absolute Gasteiger partial charge is 0.515 e. The molecule has 9 heterocycles. The number of hydrogen-bond acceptors (Lipinski definition) is 18. The zero-order valence-corrected chi connectivity index (χ0v) is 79.6. The van der Waals surface area contributed by atoms with E-state index in [0.29, 0.717) is 130 Å². The van der Waals surface area contributed by atoms with E-state index in [2.05, 4.69) is 69.4 Å². The van der Waals surface area contributed by atoms with E-state index in [1.807, 2.05) is 113 Å². The van der Waals surface area contributed by atoms with E-state index in [1.165, 1.54) is 29.8 Å². The standard InChI is InChI=1S/2C29H27FN4O.C29H25FN4O.C29H28FN3O2.90H2/c1-16-23-10-9-21-25(20-5-3-4-6-24(20)30)33-28(19-11-12-31-15-22(19)17-7-8-17)34-27(21)29(23,2)13-18-14-32-35-26(16)18;2*1-16-22-11-10-20-25(19-6-4-5-7-23(19)30)33-28(18-12-13-32-15-21(18)17-8-9-17)34-27(20)29(22,2)14-24(31-3)26(16)35;1-16-23-10-9-21-25(20-5-3-4-6-24(20)30)32-28(19-11-12-31-14-22(19)17-7-8-17)33-27(21)29(23,2)13-18(15-34)26(16)35;;;;;;;;;;;;;;;;;;;;;;;;;;;;;;;;;;;;;;;;;;;;;;;;;;;;;;;;;;;;;;;;;;;;;;;;;;;;;;;;;;;;;;;;;;/h3-6,11-12,14-17,23H,7-10,13H2,1-2H3;4-7,12-13,15-17,22,24H,8-11,14H2,1-2H3;4-7,12-17,22H,8-11H2,1-2H3;3-6,11-12,14-17,23,34H,7-10,13H2,1-2H3;90*1H/b;;;18-15-;;;;;;;;;;;;;;;;;;;;;;;;;;;;;;;;;;;;;;;;;;;;;;;;;;;;;;;;;;;;;;;;;;;;;;;;;;;;;;;;;;;;;;;;;;/t16-,23-,29-;16-,22-,24?,29-;16-,22-,29-;16-,23-,29-;;;;;;;;;;;;;;;;;;;;;;;;;;;;;;;;;;;;;;;;;;;;;;;;;;;;;;;;;;;;;;;;;;;;;;;;;;;;;;;;;;;;;;;;;;/m1111........................................................................................../s1/i;;;;90*1+2T. The first kappa shape index (κ1) is 35.1. The summed E-state index contributed by atoms with van der Waals surface area (Å²) in [6, 6.07) is 34.4. The molecule has 0 saturated heterocycles. The molecule has 1 N–H and O–H groups in total. The van der Waals surface area contributed by atoms with Crippen molar-refractivity contribution in [1.29, 1.82) is 0 Å². The lowest BCUT2D eigenvalue weighted by molar-refractivity contribution is -0.129. The maximum absolute atomic E-state index is 15.2. The molecule has 24 heteroatoms. The van der Waals surface area contributed by atoms with Crippen molar-refractivity contribution >= 4 is 17.3 Å². The number of aliphatic hydroxyl groups is 1. The summed E-state index contributed by atoms with van der Waals surface area (Å²) in [5, 5.41) is 14.0. The highest BCUT2D eigenvalue weighted by Gasteiger charge is 2.58. The highest BCUT2D eigenvalue weighted by atomic mass is 19.1. The number of carbonyl (C=O) groups excluding carboxylic acids is 3. The maximum atomic E-state index is 15.2. The Morgan fingerprint density at radius 3 is 1.12 bits per heavy atom. The molecule has 12 aliphatic carbocycles. The number of fused-ring (bicyclic) bond motifs is 13. The van der Waals surface area contributed by atoms with Crippen LogP contribution in [-0.4, -0.2) is 93.5 Å². The van der Waals surface area contributed by atoms with Gasteiger partial charge >= 0.3 is 0 Å². The van der Waals surface area contributed by atoms with Crippen molar-refractivity contribution in [2.24, 2.45) is 41.4 Å². The van der Waals surface area contributed by atoms with Crippen molar-refractivity contribution in [3.63, 3.8) is 0 Å². The average molecular weight is 2410 g/mol. The SMILES string of the molecule is C[C@H]1C(=O)/C(=C\O)C[C@@]2(C)c3nc(-c4ccncc4C4CC4)nc(-c4ccccc4F)c3CC[C@H]12.C[C@H]1c2oncc2C[C@@]2(C)c3nc(-c4ccncc4C4CC4)nc(-c4ccccc4F)c3CC[C@H]12.[3H][3H].[3H][3H].[3H][3H].[3H][3H].[3H][3H].[3H][3H].[3H][3H].[3H][3H].[3H][3H].[3H][3H].[3H][3H].[3H][3H].[3H][3H].[3H][3H].[3H][3H].[3H][3H].[3H][3H].[3H][3H].[3H][3H].[3H][3H].[3H][3H].[3H][3H].[3H][3H].[3H][3H].[3H][3H].[3H][3H].[3H][3H].[3H][3H].[3H][3H].[3H][3H].[3H][3H].[3H][3H].[3H][3H].[3H][3H].[3H][3H].[3H][3H].[3H][3H].[3H][3H].[3H][3H].[3H][3H].[3H][3H].[3H][3H].[3H][3H].[3H][3H].[3H][3H].[3H][3H].[3H][3H].[3H][3H].[3H][3H].[3H][3H].[3H][3H].[3H][3H].[3H][3H].[3H][3H].[3H][3H].[3H][3H].[3H][3H].[3H][3H].[3H][3H].[3H][3H].[3H][3H].[3H][3H].[3H][3H].[3H][3H].[3H][3H].[3H][3H].[3H][3H].[3H][3H].[3H][3H].[3H][3H].[3H][3H].[3H][3H].[3H][3H].[3H][3H].[3H][3H].[3H][3H].[3H][3H].[3H][3H].[3H][3H].[3H][3H].[3H][3H].[3H][3H].[3H][3H].[3H][3H].[3H][3H].[3H][3H].[3H][3H].[3H][3H].[3H][3H].[3H][3H].[C-]#[N+]C1=C[C@@]2(C)c3nc(-c4ccncc4C4CC4)nc(-c4ccccc4F)c3CC[C@@H]2[C@@H](C)C1=O.[C-]#[N+]C1C[C@@]2(C)c3nc(-c4ccncc4C4CC4)nc(-c4ccccc4F)c3CC[C@@H]2[C@@H](C)C1=O. The Bertz CT molecular complexity index is 7730. The number of benzene rings is 4. The molecule has 25 rings (SSSR count). The summed E-state index contributed by atoms with van der Waals surface area (Å²) < 4.78 is 966. The van der Waals surface area contributed by atoms with Gasteiger partial charge in [-0.3, -0.25) is 29.5 Å². The third-order valence-electron chi connectivity index (χ3n) is 33.4. The summed E-state index contributed by atoms with van der Waals surface area (Å²) in [6.45, 7) is 32.0. The molecule has 0 bridgehead atoms. The van der Waals surface area contributed by atoms with Crippen molar-refractivity contribution in [3.05, 3.63) is 325 Å². The number of carbonyl (C=O) groups is 3. The number of Topliss-reactive ketones (excluding diaryl/α,β-unsaturated/α-hetero) is 3. The number of aromatic nitrogens is 13. The average Bonchev–Trinajstić information content (AvgIpc) is 1.58. The number of rotatable bonds is 12. The molecule has 884 valence electrons. The Balaban J connectivity index is -0.0000000318. The zero-order chi connectivity index (χ0) is 277. The maximum Gasteiger partial charge on any atom is 0.282 e. The number of pyridine rings is 4. The first-order valence-electron chi connectivity index (χ1n) is 140. The number of halogens is 4. The van der Waals surface area contributed by atoms with Gasteiger partial charge in [-0.05, 0) is 258 Å². The van der Waals surface area contributed by atoms with Crippen LogP contribution in [0.1, 0.15) is 521 Å². The summed E-state index contributed by atoms with van der Waals surface area (Å²) in [6.07, 6.45) is 36.2. The minimum Gasteiger partial charge on any atom is -0.515 e. The van der Waals surface area contributed by atoms with E-state index in [4.69, 9.17) is 325 Å². The third kappa shape index (κ3) is 15.7. The van der Waals surface area contributed by atoms with Gasteiger partial charge in [-0.1, -0.05) is 115 Å². The molecule has 1 unspecified atom stereocenters. The second-order valence-electron chi connectivity index (χ2n) is 41.9. The first-order chi connectivity index (χ1) is 158. The van der Waals surface area contributed by atoms with Crippen LogP contribution in [0.15, 0.2) is 205 Å². The Labute approximate surface area is 1090 Å². The molecule has 9 aromatic heterocycles. The van der Waals surface area contributed by atoms with Crippen LogP contribution in [0.4, 0.5) is 17.6 Å². The van der Waals surface area contributed by atoms with Gasteiger partial charge in [0, 0.05) is 446 Å². The summed E-state index contributed by atoms with van der Waals surface area (Å²) in [4.78, 5) is 104. The molecule has 6 fully saturated rings. The van der Waals surface area contributed by atoms with Crippen molar-refractivity contribution in [2.45, 2.75) is 235 Å². The number of aliphatic hydroxyl groups excluding tert-OH is 1. The molecule has 12 aliphatic rings. The van der Waals surface area contributed by atoms with Crippen molar-refractivity contribution in [2.75, 3.05) is 0 Å². The van der Waals surface area contributed by atoms with Gasteiger partial charge in [0.1, 0.15) is 29.0 Å². The first-order valence-corrected chi connectivity index (χ1v) is 49.6. The quantitative estimate of drug-likeness (QED) is 0.0516. The molecular formula is C116H287F4N15O5. The number of nitrogens with zero attached hydrogens (tertiary/aromatic N) is 15. The second-order valence-corrected chi connectivity index (χ2v) is 41.9. The molecule has 140 heavy (non-hydrogen) atoms. The molecule has 4 aromatic carbocycles. The van der Waals surface area contributed by atoms with E-state index >= 15 is 17.6 Å². The van der Waals surface area contributed by atoms with Crippen molar-refractivity contribution in [3.8, 4) is 90.6 Å². The van der Waals surface area contributed by atoms with E-state index in [1.54, 1.807) is 67.1 Å². The van der Waals surface area contributed by atoms with Crippen LogP contribution in [0.3, 0.4) is 0 Å². The van der Waals surface area contributed by atoms with Gasteiger partial charge in [-0.2, -0.15) is 0 Å². The second kappa shape index (κ2) is 35.7. The Kier molecular flexibility index (Phi) is 8.94. The van der Waals surface area contributed by atoms with E-state index in [9.17, 15) is 19.5 Å². The third-order valence-corrected chi connectivity index (χ3v) is 33.4. The van der Waals surface area contributed by atoms with E-state index in [-0.39, 0.29) is 93.2 Å². The van der Waals surface area contributed by atoms with Gasteiger partial charge in [-0.25, -0.2) is 68.9 Å². The summed E-state index contributed by atoms with van der Waals surface area (Å²) in [5.74, 6) is 4.11. The Morgan fingerprint density at radius 1 is 0.407 bits per heavy atom. The lowest BCUT2D eigenvalue weighted by atomic mass is 9.55. The van der Waals surface area contributed by atoms with Gasteiger partial charge in [0.25, 0.3) is 6.04 Å². The van der Waals surface area contributed by atoms with Crippen LogP contribution in [0.2, 0.25) is 0 Å². The molecule has 0 amide bonds. The summed E-state index contributed by atoms with van der Waals surface area (Å²) in [7, 11) is 0. The minimum atomic E-state index is -0.671. The van der Waals surface area contributed by atoms with E-state index in [0.717, 1.165) is 197 Å². The minimum absolute atomic E-state index is 0.00665. The van der Waals surface area contributed by atoms with Gasteiger partial charge < -0.3 is 19.3 Å². The van der Waals surface area contributed by atoms with Crippen molar-refractivity contribution < 1.29 is 309 Å². The molecule has 0 spiro atoms. The molecule has 0 aliphatic heterocycles. The van der Waals surface area contributed by atoms with Crippen LogP contribution in [0.25, 0.3) is 100 Å². The highest BCUT2D eigenvalue weighted by molar-refractivity contribution is 6.01. The fourth-order valence-electron chi connectivity index (χ4n) is 25.6. The molecule has 20 nitrogen and oxygen atoms in total. The predicted molar refractivity (Wildman–Crippen MR) is 714 cm³/mol. The normalized spacial score (nSPS) is 31.4. The fraction of sp³-hybridized carbons (Fsp3) is 0.379. The monoisotopic (exact) mass is 2410 g/mol. The zero-order valence-electron chi connectivity index (χ0n) is 260. The Hall–Kier alpha value is -14.0. The molecule has 6 saturated carbocycles. The lowest BCUT2D eigenvalue weighted by Crippen LogP contribution is -2.52. The van der Waals surface area contributed by atoms with Crippen LogP contribution in [0, 0.1) is 77.8 Å². The van der Waals surface area contributed by atoms with Crippen molar-refractivity contribution in [1.82, 2.24) is 65.0 Å². The number of allylic oxidation sites excluding steroid dienone is 3. The van der Waals surface area contributed by atoms with Gasteiger partial charge in [-0.15, -0.1) is 0 Å². The predicted octanol–water partition coefficient (Wildman–Crippen LogP) is 46.6. The van der Waals surface area contributed by atoms with Crippen LogP contribution in [-0.2, 0) is 68.1 Å². The van der Waals surface area contributed by atoms with Gasteiger partial charge in [0.2, 0.25) is 11.5 Å². The smallest absolute Gasteiger partial charge is 0.282 e. The summed E-state index contributed by atoms with van der Waals surface area (Å²) >= 11 is 0. The molecular weight excluding hydrogens is 1760 g/mol. The van der Waals surface area contributed by atoms with Crippen LogP contribution in [0.5, 0.6) is 0 Å². The molecule has 13 atom stereocenters. The topological polar surface area (TPSA) is 261 Å². The Morgan fingerprint density at radius 2 is 0.750 bits per heavy atom.